The van der Waals surface area contributed by atoms with Gasteiger partial charge in [-0.3, -0.25) is 0 Å². The van der Waals surface area contributed by atoms with Gasteiger partial charge in [-0.1, -0.05) is 29.8 Å². The highest BCUT2D eigenvalue weighted by atomic mass is 79.9. The maximum absolute atomic E-state index is 5.93. The van der Waals surface area contributed by atoms with E-state index in [-0.39, 0.29) is 12.1 Å². The first-order valence-corrected chi connectivity index (χ1v) is 8.03. The predicted octanol–water partition coefficient (Wildman–Crippen LogP) is 5.52. The van der Waals surface area contributed by atoms with Crippen LogP contribution < -0.4 is 10.1 Å². The van der Waals surface area contributed by atoms with Crippen molar-refractivity contribution in [3.05, 3.63) is 63.1 Å². The second kappa shape index (κ2) is 7.30. The van der Waals surface area contributed by atoms with E-state index in [0.29, 0.717) is 0 Å². The molecule has 0 spiro atoms. The Bertz CT molecular complexity index is 600. The Balaban J connectivity index is 2.08. The Labute approximate surface area is 139 Å². The molecule has 4 heteroatoms. The van der Waals surface area contributed by atoms with Crippen molar-refractivity contribution < 1.29 is 4.74 Å². The molecule has 2 aromatic carbocycles. The Kier molecular flexibility index (Phi) is 5.68. The Hall–Kier alpha value is -1.03. The smallest absolute Gasteiger partial charge is 0.133 e. The van der Waals surface area contributed by atoms with Crippen LogP contribution in [0.4, 0.5) is 0 Å². The molecule has 21 heavy (non-hydrogen) atoms. The van der Waals surface area contributed by atoms with E-state index in [0.717, 1.165) is 15.2 Å². The van der Waals surface area contributed by atoms with Crippen molar-refractivity contribution in [1.82, 2.24) is 5.32 Å². The van der Waals surface area contributed by atoms with Crippen molar-refractivity contribution in [2.75, 3.05) is 7.11 Å². The third-order valence-electron chi connectivity index (χ3n) is 3.55. The molecule has 1 N–H and O–H groups in total. The predicted molar refractivity (Wildman–Crippen MR) is 92.1 cm³/mol. The Morgan fingerprint density at radius 1 is 1.00 bits per heavy atom. The van der Waals surface area contributed by atoms with Crippen LogP contribution in [0.1, 0.15) is 37.1 Å². The van der Waals surface area contributed by atoms with Crippen LogP contribution >= 0.6 is 27.5 Å². The Morgan fingerprint density at radius 3 is 2.14 bits per heavy atom. The monoisotopic (exact) mass is 367 g/mol. The molecule has 0 aliphatic carbocycles. The molecular formula is C17H19BrClNO. The highest BCUT2D eigenvalue weighted by molar-refractivity contribution is 9.10. The van der Waals surface area contributed by atoms with Gasteiger partial charge < -0.3 is 10.1 Å². The van der Waals surface area contributed by atoms with Crippen LogP contribution in [0.25, 0.3) is 0 Å². The molecule has 0 bridgehead atoms. The molecule has 0 saturated carbocycles. The normalized spacial score (nSPS) is 13.8. The molecule has 0 saturated heterocycles. The van der Waals surface area contributed by atoms with Gasteiger partial charge in [-0.05, 0) is 65.2 Å². The number of rotatable bonds is 5. The van der Waals surface area contributed by atoms with Crippen LogP contribution in [0.15, 0.2) is 46.9 Å². The van der Waals surface area contributed by atoms with E-state index < -0.39 is 0 Å². The van der Waals surface area contributed by atoms with Gasteiger partial charge in [-0.25, -0.2) is 0 Å². The SMILES string of the molecule is COc1ccc(C(C)N[C@H](C)c2ccc(Cl)cc2)cc1Br. The first-order valence-electron chi connectivity index (χ1n) is 6.86. The van der Waals surface area contributed by atoms with Gasteiger partial charge in [-0.15, -0.1) is 0 Å². The second-order valence-electron chi connectivity index (χ2n) is 5.06. The van der Waals surface area contributed by atoms with Crippen LogP contribution in [0, 0.1) is 0 Å². The van der Waals surface area contributed by atoms with Crippen LogP contribution in [-0.2, 0) is 0 Å². The summed E-state index contributed by atoms with van der Waals surface area (Å²) in [5, 5.41) is 4.35. The molecule has 0 heterocycles. The lowest BCUT2D eigenvalue weighted by molar-refractivity contribution is 0.411. The molecule has 2 aromatic rings. The summed E-state index contributed by atoms with van der Waals surface area (Å²) in [6.45, 7) is 4.30. The van der Waals surface area contributed by atoms with Crippen LogP contribution in [0.2, 0.25) is 5.02 Å². The van der Waals surface area contributed by atoms with Gasteiger partial charge >= 0.3 is 0 Å². The molecular weight excluding hydrogens is 350 g/mol. The topological polar surface area (TPSA) is 21.3 Å². The van der Waals surface area contributed by atoms with Crippen molar-refractivity contribution in [2.24, 2.45) is 0 Å². The van der Waals surface area contributed by atoms with E-state index in [1.54, 1.807) is 7.11 Å². The zero-order valence-electron chi connectivity index (χ0n) is 12.4. The first-order chi connectivity index (χ1) is 10.0. The zero-order valence-corrected chi connectivity index (χ0v) is 14.7. The lowest BCUT2D eigenvalue weighted by atomic mass is 10.0. The fraction of sp³-hybridized carbons (Fsp3) is 0.294. The largest absolute Gasteiger partial charge is 0.496 e. The van der Waals surface area contributed by atoms with Gasteiger partial charge in [0.1, 0.15) is 5.75 Å². The van der Waals surface area contributed by atoms with Crippen molar-refractivity contribution >= 4 is 27.5 Å². The fourth-order valence-corrected chi connectivity index (χ4v) is 2.96. The molecule has 112 valence electrons. The average molecular weight is 369 g/mol. The highest BCUT2D eigenvalue weighted by Gasteiger charge is 2.12. The highest BCUT2D eigenvalue weighted by Crippen LogP contribution is 2.29. The van der Waals surface area contributed by atoms with Gasteiger partial charge in [0.2, 0.25) is 0 Å². The molecule has 0 aromatic heterocycles. The molecule has 0 aliphatic heterocycles. The summed E-state index contributed by atoms with van der Waals surface area (Å²) in [4.78, 5) is 0. The maximum atomic E-state index is 5.93. The number of hydrogen-bond acceptors (Lipinski definition) is 2. The standard InChI is InChI=1S/C17H19BrClNO/c1-11(13-4-7-15(19)8-5-13)20-12(2)14-6-9-17(21-3)16(18)10-14/h4-12,20H,1-3H3/t11-,12?/m1/s1. The van der Waals surface area contributed by atoms with Crippen LogP contribution in [0.5, 0.6) is 5.75 Å². The molecule has 0 aliphatic rings. The summed E-state index contributed by atoms with van der Waals surface area (Å²) in [7, 11) is 1.67. The minimum Gasteiger partial charge on any atom is -0.496 e. The lowest BCUT2D eigenvalue weighted by Crippen LogP contribution is -2.22. The maximum Gasteiger partial charge on any atom is 0.133 e. The van der Waals surface area contributed by atoms with Crippen molar-refractivity contribution in [3.8, 4) is 5.75 Å². The van der Waals surface area contributed by atoms with Crippen molar-refractivity contribution in [1.29, 1.82) is 0 Å². The van der Waals surface area contributed by atoms with E-state index in [2.05, 4.69) is 59.4 Å². The number of hydrogen-bond donors (Lipinski definition) is 1. The summed E-state index contributed by atoms with van der Waals surface area (Å²) < 4.78 is 6.23. The van der Waals surface area contributed by atoms with Gasteiger partial charge in [0.05, 0.1) is 11.6 Å². The molecule has 2 nitrogen and oxygen atoms in total. The molecule has 1 unspecified atom stereocenters. The van der Waals surface area contributed by atoms with E-state index in [1.807, 2.05) is 18.2 Å². The average Bonchev–Trinajstić information content (AvgIpc) is 2.47. The summed E-state index contributed by atoms with van der Waals surface area (Å²) >= 11 is 9.45. The third-order valence-corrected chi connectivity index (χ3v) is 4.42. The molecule has 0 radical (unpaired) electrons. The number of benzene rings is 2. The summed E-state index contributed by atoms with van der Waals surface area (Å²) in [5.41, 5.74) is 2.43. The number of methoxy groups -OCH3 is 1. The minimum atomic E-state index is 0.234. The van der Waals surface area contributed by atoms with Gasteiger partial charge in [-0.2, -0.15) is 0 Å². The summed E-state index contributed by atoms with van der Waals surface area (Å²) in [6, 6.07) is 14.6. The number of halogens is 2. The third kappa shape index (κ3) is 4.22. The zero-order chi connectivity index (χ0) is 15.4. The fourth-order valence-electron chi connectivity index (χ4n) is 2.27. The Morgan fingerprint density at radius 2 is 1.57 bits per heavy atom. The van der Waals surface area contributed by atoms with E-state index in [1.165, 1.54) is 11.1 Å². The van der Waals surface area contributed by atoms with E-state index in [9.17, 15) is 0 Å². The van der Waals surface area contributed by atoms with Crippen LogP contribution in [-0.4, -0.2) is 7.11 Å². The number of ether oxygens (including phenoxy) is 1. The van der Waals surface area contributed by atoms with Gasteiger partial charge in [0.15, 0.2) is 0 Å². The van der Waals surface area contributed by atoms with Crippen LogP contribution in [0.3, 0.4) is 0 Å². The molecule has 0 fully saturated rings. The summed E-state index contributed by atoms with van der Waals surface area (Å²) in [5.74, 6) is 0.844. The van der Waals surface area contributed by atoms with Crippen molar-refractivity contribution in [2.45, 2.75) is 25.9 Å². The second-order valence-corrected chi connectivity index (χ2v) is 6.35. The molecule has 2 atom stereocenters. The number of nitrogens with one attached hydrogen (secondary N) is 1. The lowest BCUT2D eigenvalue weighted by Gasteiger charge is -2.21. The minimum absolute atomic E-state index is 0.234. The summed E-state index contributed by atoms with van der Waals surface area (Å²) in [6.07, 6.45) is 0. The van der Waals surface area contributed by atoms with Gasteiger partial charge in [0.25, 0.3) is 0 Å². The molecule has 2 rings (SSSR count). The first kappa shape index (κ1) is 16.3. The molecule has 0 amide bonds. The van der Waals surface area contributed by atoms with Gasteiger partial charge in [0, 0.05) is 17.1 Å². The van der Waals surface area contributed by atoms with E-state index >= 15 is 0 Å². The van der Waals surface area contributed by atoms with Crippen molar-refractivity contribution in [3.63, 3.8) is 0 Å². The quantitative estimate of drug-likeness (QED) is 0.750. The van der Waals surface area contributed by atoms with E-state index in [4.69, 9.17) is 16.3 Å².